The Hall–Kier alpha value is -2.15. The highest BCUT2D eigenvalue weighted by Crippen LogP contribution is 2.19. The lowest BCUT2D eigenvalue weighted by Gasteiger charge is -2.12. The van der Waals surface area contributed by atoms with Crippen molar-refractivity contribution in [3.63, 3.8) is 0 Å². The molecule has 7 heteroatoms. The number of carbonyl (C=O) groups excluding carboxylic acids is 1. The largest absolute Gasteiger partial charge is 0.325 e. The lowest BCUT2D eigenvalue weighted by Crippen LogP contribution is -2.31. The molecule has 112 valence electrons. The number of carbonyl (C=O) groups is 1. The summed E-state index contributed by atoms with van der Waals surface area (Å²) in [7, 11) is -3.47. The van der Waals surface area contributed by atoms with Crippen LogP contribution in [0.2, 0.25) is 0 Å². The second-order valence-corrected chi connectivity index (χ2v) is 7.08. The average Bonchev–Trinajstić information content (AvgIpc) is 2.92. The third kappa shape index (κ3) is 3.49. The van der Waals surface area contributed by atoms with E-state index < -0.39 is 26.8 Å². The van der Waals surface area contributed by atoms with Gasteiger partial charge >= 0.3 is 0 Å². The van der Waals surface area contributed by atoms with Gasteiger partial charge in [-0.15, -0.1) is 0 Å². The molecule has 1 aromatic heterocycles. The lowest BCUT2D eigenvalue weighted by molar-refractivity contribution is -0.115. The minimum atomic E-state index is -3.47. The maximum Gasteiger partial charge on any atom is 0.242 e. The maximum atomic E-state index is 13.8. The Kier molecular flexibility index (Phi) is 4.13. The molecule has 21 heavy (non-hydrogen) atoms. The number of amides is 1. The molecule has 1 amide bonds. The van der Waals surface area contributed by atoms with Crippen molar-refractivity contribution in [1.82, 2.24) is 4.57 Å². The van der Waals surface area contributed by atoms with E-state index in [-0.39, 0.29) is 5.69 Å². The topological polar surface area (TPSA) is 68.2 Å². The molecule has 0 unspecified atom stereocenters. The van der Waals surface area contributed by atoms with Crippen LogP contribution in [0.3, 0.4) is 0 Å². The quantitative estimate of drug-likeness (QED) is 0.939. The molecular formula is C14H15FN2O3S. The summed E-state index contributed by atoms with van der Waals surface area (Å²) in [6.45, 7) is 1.31. The summed E-state index contributed by atoms with van der Waals surface area (Å²) in [6, 6.07) is 7.54. The summed E-state index contributed by atoms with van der Waals surface area (Å²) in [5.74, 6) is -1.09. The Morgan fingerprint density at radius 3 is 2.48 bits per heavy atom. The van der Waals surface area contributed by atoms with E-state index in [0.717, 1.165) is 6.26 Å². The minimum Gasteiger partial charge on any atom is -0.325 e. The van der Waals surface area contributed by atoms with Gasteiger partial charge in [-0.25, -0.2) is 12.8 Å². The molecular weight excluding hydrogens is 295 g/mol. The number of hydrogen-bond donors (Lipinski definition) is 1. The smallest absolute Gasteiger partial charge is 0.242 e. The summed E-state index contributed by atoms with van der Waals surface area (Å²) in [5.41, 5.74) is 0.602. The van der Waals surface area contributed by atoms with E-state index >= 15 is 0 Å². The second-order valence-electron chi connectivity index (χ2n) is 4.72. The van der Waals surface area contributed by atoms with E-state index in [0.29, 0.717) is 5.69 Å². The van der Waals surface area contributed by atoms with Gasteiger partial charge in [-0.3, -0.25) is 4.79 Å². The third-order valence-corrected chi connectivity index (χ3v) is 4.61. The van der Waals surface area contributed by atoms with Crippen molar-refractivity contribution in [3.8, 4) is 5.69 Å². The van der Waals surface area contributed by atoms with Crippen molar-refractivity contribution in [2.24, 2.45) is 0 Å². The van der Waals surface area contributed by atoms with Gasteiger partial charge in [0.05, 0.1) is 5.69 Å². The fourth-order valence-electron chi connectivity index (χ4n) is 1.72. The second kappa shape index (κ2) is 5.69. The van der Waals surface area contributed by atoms with Crippen LogP contribution in [0.15, 0.2) is 42.7 Å². The fourth-order valence-corrected chi connectivity index (χ4v) is 2.17. The molecule has 2 rings (SSSR count). The van der Waals surface area contributed by atoms with Crippen LogP contribution >= 0.6 is 0 Å². The van der Waals surface area contributed by atoms with Gasteiger partial charge in [-0.1, -0.05) is 0 Å². The van der Waals surface area contributed by atoms with Crippen LogP contribution < -0.4 is 5.32 Å². The molecule has 0 bridgehead atoms. The summed E-state index contributed by atoms with van der Waals surface area (Å²) in [6.07, 6.45) is 4.33. The van der Waals surface area contributed by atoms with E-state index in [1.165, 1.54) is 25.1 Å². The molecule has 0 saturated heterocycles. The van der Waals surface area contributed by atoms with Crippen molar-refractivity contribution in [3.05, 3.63) is 48.5 Å². The summed E-state index contributed by atoms with van der Waals surface area (Å²) >= 11 is 0. The Labute approximate surface area is 122 Å². The van der Waals surface area contributed by atoms with Gasteiger partial charge in [0.15, 0.2) is 9.84 Å². The fraction of sp³-hybridized carbons (Fsp3) is 0.214. The van der Waals surface area contributed by atoms with Gasteiger partial charge in [-0.2, -0.15) is 0 Å². The molecule has 0 radical (unpaired) electrons. The van der Waals surface area contributed by atoms with Crippen molar-refractivity contribution in [2.45, 2.75) is 12.2 Å². The number of nitrogens with one attached hydrogen (secondary N) is 1. The molecule has 0 fully saturated rings. The molecule has 1 aromatic carbocycles. The molecule has 1 heterocycles. The van der Waals surface area contributed by atoms with Gasteiger partial charge in [0.25, 0.3) is 0 Å². The lowest BCUT2D eigenvalue weighted by atomic mass is 10.2. The first-order valence-corrected chi connectivity index (χ1v) is 8.17. The zero-order chi connectivity index (χ0) is 15.6. The van der Waals surface area contributed by atoms with Crippen molar-refractivity contribution in [2.75, 3.05) is 11.6 Å². The van der Waals surface area contributed by atoms with E-state index in [4.69, 9.17) is 0 Å². The minimum absolute atomic E-state index is 0.268. The zero-order valence-corrected chi connectivity index (χ0v) is 12.4. The Morgan fingerprint density at radius 1 is 1.29 bits per heavy atom. The molecule has 0 aliphatic heterocycles. The molecule has 0 aliphatic carbocycles. The monoisotopic (exact) mass is 310 g/mol. The highest BCUT2D eigenvalue weighted by molar-refractivity contribution is 7.92. The van der Waals surface area contributed by atoms with Crippen molar-refractivity contribution in [1.29, 1.82) is 0 Å². The Bertz CT molecular complexity index is 755. The molecule has 0 spiro atoms. The standard InChI is InChI=1S/C14H15FN2O3S/c1-10(21(2,19)20)14(18)16-11-5-6-12(15)13(9-11)17-7-3-4-8-17/h3-10H,1-2H3,(H,16,18)/t10-/m1/s1. The van der Waals surface area contributed by atoms with Crippen LogP contribution in [0.1, 0.15) is 6.92 Å². The Morgan fingerprint density at radius 2 is 1.90 bits per heavy atom. The maximum absolute atomic E-state index is 13.8. The van der Waals surface area contributed by atoms with Crippen LogP contribution in [0, 0.1) is 5.82 Å². The van der Waals surface area contributed by atoms with E-state index in [1.807, 2.05) is 0 Å². The molecule has 1 N–H and O–H groups in total. The number of anilines is 1. The van der Waals surface area contributed by atoms with E-state index in [9.17, 15) is 17.6 Å². The van der Waals surface area contributed by atoms with Gasteiger partial charge in [0.2, 0.25) is 5.91 Å². The summed E-state index contributed by atoms with van der Waals surface area (Å²) in [4.78, 5) is 11.9. The number of benzene rings is 1. The van der Waals surface area contributed by atoms with Gasteiger partial charge < -0.3 is 9.88 Å². The highest BCUT2D eigenvalue weighted by Gasteiger charge is 2.23. The van der Waals surface area contributed by atoms with Gasteiger partial charge in [0, 0.05) is 24.3 Å². The third-order valence-electron chi connectivity index (χ3n) is 3.11. The number of hydrogen-bond acceptors (Lipinski definition) is 3. The summed E-state index contributed by atoms with van der Waals surface area (Å²) in [5, 5.41) is 1.31. The average molecular weight is 310 g/mol. The first kappa shape index (κ1) is 15.2. The van der Waals surface area contributed by atoms with Gasteiger partial charge in [0.1, 0.15) is 11.1 Å². The van der Waals surface area contributed by atoms with Crippen LogP contribution in [0.4, 0.5) is 10.1 Å². The number of aromatic nitrogens is 1. The predicted molar refractivity (Wildman–Crippen MR) is 78.7 cm³/mol. The van der Waals surface area contributed by atoms with Crippen LogP contribution in [0.5, 0.6) is 0 Å². The van der Waals surface area contributed by atoms with Crippen molar-refractivity contribution < 1.29 is 17.6 Å². The van der Waals surface area contributed by atoms with Crippen LogP contribution in [0.25, 0.3) is 5.69 Å². The number of sulfone groups is 1. The molecule has 0 saturated carbocycles. The predicted octanol–water partition coefficient (Wildman–Crippen LogP) is 1.99. The Balaban J connectivity index is 2.27. The van der Waals surface area contributed by atoms with Crippen molar-refractivity contribution >= 4 is 21.4 Å². The SMILES string of the molecule is C[C@H](C(=O)Nc1ccc(F)c(-n2cccc2)c1)S(C)(=O)=O. The van der Waals surface area contributed by atoms with Crippen LogP contribution in [-0.4, -0.2) is 30.4 Å². The van der Waals surface area contributed by atoms with Crippen LogP contribution in [-0.2, 0) is 14.6 Å². The first-order chi connectivity index (χ1) is 9.79. The molecule has 0 aliphatic rings. The number of halogens is 1. The van der Waals surface area contributed by atoms with E-state index in [2.05, 4.69) is 5.32 Å². The molecule has 2 aromatic rings. The number of rotatable bonds is 4. The molecule has 5 nitrogen and oxygen atoms in total. The first-order valence-electron chi connectivity index (χ1n) is 6.21. The highest BCUT2D eigenvalue weighted by atomic mass is 32.2. The van der Waals surface area contributed by atoms with Gasteiger partial charge in [-0.05, 0) is 37.3 Å². The normalized spacial score (nSPS) is 12.9. The molecule has 1 atom stereocenters. The zero-order valence-electron chi connectivity index (χ0n) is 11.6. The summed E-state index contributed by atoms with van der Waals surface area (Å²) < 4.78 is 38.0. The number of nitrogens with zero attached hydrogens (tertiary/aromatic N) is 1. The van der Waals surface area contributed by atoms with E-state index in [1.54, 1.807) is 29.1 Å².